The molecule has 0 radical (unpaired) electrons. The first-order chi connectivity index (χ1) is 11.0. The van der Waals surface area contributed by atoms with Gasteiger partial charge in [0.25, 0.3) is 0 Å². The lowest BCUT2D eigenvalue weighted by molar-refractivity contribution is 0.0651. The molecular formula is C18H29NO4. The van der Waals surface area contributed by atoms with Crippen LogP contribution in [0, 0.1) is 0 Å². The molecule has 0 unspecified atom stereocenters. The van der Waals surface area contributed by atoms with Crippen LogP contribution in [0.1, 0.15) is 79.0 Å². The Morgan fingerprint density at radius 1 is 0.826 bits per heavy atom. The third-order valence-corrected chi connectivity index (χ3v) is 3.45. The Morgan fingerprint density at radius 2 is 1.22 bits per heavy atom. The summed E-state index contributed by atoms with van der Waals surface area (Å²) in [5.74, 6) is -2.46. The standard InChI is InChI=1S/C10H23N.C8H6O4/c1-2-3-4-5-6-7-8-9-10-11;9-7(10)5-3-1-2-4-6(5)8(11)12/h2-11H2,1H3;1-4H,(H,9,10)(H,11,12). The normalized spacial score (nSPS) is 9.83. The quantitative estimate of drug-likeness (QED) is 0.561. The molecule has 23 heavy (non-hydrogen) atoms. The van der Waals surface area contributed by atoms with Gasteiger partial charge in [0, 0.05) is 0 Å². The zero-order chi connectivity index (χ0) is 17.5. The van der Waals surface area contributed by atoms with E-state index in [1.165, 1.54) is 75.6 Å². The fourth-order valence-corrected chi connectivity index (χ4v) is 2.13. The monoisotopic (exact) mass is 323 g/mol. The fraction of sp³-hybridized carbons (Fsp3) is 0.556. The third-order valence-electron chi connectivity index (χ3n) is 3.45. The molecule has 4 N–H and O–H groups in total. The summed E-state index contributed by atoms with van der Waals surface area (Å²) in [5, 5.41) is 17.1. The highest BCUT2D eigenvalue weighted by molar-refractivity contribution is 6.01. The van der Waals surface area contributed by atoms with Gasteiger partial charge in [-0.05, 0) is 25.1 Å². The Kier molecular flexibility index (Phi) is 12.6. The number of nitrogens with two attached hydrogens (primary N) is 1. The molecule has 1 aromatic rings. The lowest BCUT2D eigenvalue weighted by Crippen LogP contribution is -2.06. The molecule has 130 valence electrons. The van der Waals surface area contributed by atoms with Crippen LogP contribution in [-0.2, 0) is 0 Å². The van der Waals surface area contributed by atoms with E-state index >= 15 is 0 Å². The summed E-state index contributed by atoms with van der Waals surface area (Å²) >= 11 is 0. The van der Waals surface area contributed by atoms with E-state index in [4.69, 9.17) is 15.9 Å². The zero-order valence-electron chi connectivity index (χ0n) is 14.0. The number of hydrogen-bond acceptors (Lipinski definition) is 3. The molecule has 0 bridgehead atoms. The van der Waals surface area contributed by atoms with Crippen molar-refractivity contribution in [1.29, 1.82) is 0 Å². The topological polar surface area (TPSA) is 101 Å². The molecule has 0 fully saturated rings. The number of hydrogen-bond donors (Lipinski definition) is 3. The summed E-state index contributed by atoms with van der Waals surface area (Å²) < 4.78 is 0. The van der Waals surface area contributed by atoms with Gasteiger partial charge in [0.2, 0.25) is 0 Å². The highest BCUT2D eigenvalue weighted by Crippen LogP contribution is 2.08. The van der Waals surface area contributed by atoms with Crippen molar-refractivity contribution in [1.82, 2.24) is 0 Å². The summed E-state index contributed by atoms with van der Waals surface area (Å²) in [5.41, 5.74) is 5.01. The Labute approximate surface area is 138 Å². The Bertz CT molecular complexity index is 419. The number of carboxylic acids is 2. The molecule has 0 aliphatic rings. The number of benzene rings is 1. The summed E-state index contributed by atoms with van der Waals surface area (Å²) in [6, 6.07) is 5.48. The maximum atomic E-state index is 10.5. The van der Waals surface area contributed by atoms with Gasteiger partial charge < -0.3 is 15.9 Å². The zero-order valence-corrected chi connectivity index (χ0v) is 14.0. The number of aromatic carboxylic acids is 2. The van der Waals surface area contributed by atoms with Crippen molar-refractivity contribution in [2.24, 2.45) is 5.73 Å². The van der Waals surface area contributed by atoms with Crippen LogP contribution in [-0.4, -0.2) is 28.7 Å². The van der Waals surface area contributed by atoms with Crippen LogP contribution in [0.2, 0.25) is 0 Å². The van der Waals surface area contributed by atoms with Crippen molar-refractivity contribution >= 4 is 11.9 Å². The number of rotatable bonds is 10. The van der Waals surface area contributed by atoms with Crippen molar-refractivity contribution in [2.45, 2.75) is 58.3 Å². The first-order valence-corrected chi connectivity index (χ1v) is 8.30. The van der Waals surface area contributed by atoms with Crippen LogP contribution in [0.4, 0.5) is 0 Å². The van der Waals surface area contributed by atoms with Crippen LogP contribution in [0.25, 0.3) is 0 Å². The molecule has 1 aromatic carbocycles. The Morgan fingerprint density at radius 3 is 1.57 bits per heavy atom. The molecule has 0 saturated heterocycles. The van der Waals surface area contributed by atoms with Gasteiger partial charge in [-0.2, -0.15) is 0 Å². The predicted octanol–water partition coefficient (Wildman–Crippen LogP) is 4.17. The molecule has 5 heteroatoms. The van der Waals surface area contributed by atoms with E-state index < -0.39 is 11.9 Å². The lowest BCUT2D eigenvalue weighted by atomic mass is 10.1. The summed E-state index contributed by atoms with van der Waals surface area (Å²) in [6.45, 7) is 3.13. The van der Waals surface area contributed by atoms with Gasteiger partial charge in [-0.3, -0.25) is 0 Å². The van der Waals surface area contributed by atoms with Crippen molar-refractivity contribution < 1.29 is 19.8 Å². The minimum atomic E-state index is -1.23. The van der Waals surface area contributed by atoms with Crippen molar-refractivity contribution in [2.75, 3.05) is 6.54 Å². The first kappa shape index (κ1) is 21.1. The van der Waals surface area contributed by atoms with Crippen molar-refractivity contribution in [3.05, 3.63) is 35.4 Å². The number of unbranched alkanes of at least 4 members (excludes halogenated alkanes) is 7. The van der Waals surface area contributed by atoms with E-state index in [2.05, 4.69) is 6.92 Å². The molecule has 0 saturated carbocycles. The number of carboxylic acid groups (broad SMARTS) is 2. The predicted molar refractivity (Wildman–Crippen MR) is 92.0 cm³/mol. The SMILES string of the molecule is CCCCCCCCCCN.O=C(O)c1ccccc1C(=O)O. The van der Waals surface area contributed by atoms with Crippen molar-refractivity contribution in [3.8, 4) is 0 Å². The molecule has 0 aromatic heterocycles. The molecule has 5 nitrogen and oxygen atoms in total. The minimum Gasteiger partial charge on any atom is -0.478 e. The highest BCUT2D eigenvalue weighted by Gasteiger charge is 2.13. The maximum absolute atomic E-state index is 10.5. The lowest BCUT2D eigenvalue weighted by Gasteiger charge is -1.99. The van der Waals surface area contributed by atoms with Crippen LogP contribution >= 0.6 is 0 Å². The molecule has 0 amide bonds. The van der Waals surface area contributed by atoms with Gasteiger partial charge in [0.05, 0.1) is 11.1 Å². The summed E-state index contributed by atoms with van der Waals surface area (Å²) in [6.07, 6.45) is 11.0. The average Bonchev–Trinajstić information content (AvgIpc) is 2.54. The third kappa shape index (κ3) is 10.5. The van der Waals surface area contributed by atoms with Gasteiger partial charge in [-0.1, -0.05) is 64.0 Å². The van der Waals surface area contributed by atoms with Crippen LogP contribution in [0.3, 0.4) is 0 Å². The first-order valence-electron chi connectivity index (χ1n) is 8.30. The van der Waals surface area contributed by atoms with E-state index in [0.29, 0.717) is 0 Å². The van der Waals surface area contributed by atoms with Gasteiger partial charge >= 0.3 is 11.9 Å². The van der Waals surface area contributed by atoms with Crippen molar-refractivity contribution in [3.63, 3.8) is 0 Å². The Hall–Kier alpha value is -1.88. The second kappa shape index (κ2) is 13.8. The summed E-state index contributed by atoms with van der Waals surface area (Å²) in [7, 11) is 0. The van der Waals surface area contributed by atoms with Gasteiger partial charge in [-0.25, -0.2) is 9.59 Å². The molecule has 0 atom stereocenters. The maximum Gasteiger partial charge on any atom is 0.336 e. The molecular weight excluding hydrogens is 294 g/mol. The second-order valence-corrected chi connectivity index (χ2v) is 5.42. The van der Waals surface area contributed by atoms with Gasteiger partial charge in [0.15, 0.2) is 0 Å². The van der Waals surface area contributed by atoms with Crippen LogP contribution in [0.15, 0.2) is 24.3 Å². The Balaban J connectivity index is 0.000000423. The van der Waals surface area contributed by atoms with E-state index in [9.17, 15) is 9.59 Å². The van der Waals surface area contributed by atoms with Crippen LogP contribution < -0.4 is 5.73 Å². The fourth-order valence-electron chi connectivity index (χ4n) is 2.13. The van der Waals surface area contributed by atoms with E-state index in [1.54, 1.807) is 0 Å². The van der Waals surface area contributed by atoms with E-state index in [1.807, 2.05) is 0 Å². The average molecular weight is 323 g/mol. The van der Waals surface area contributed by atoms with E-state index in [0.717, 1.165) is 6.54 Å². The summed E-state index contributed by atoms with van der Waals surface area (Å²) in [4.78, 5) is 20.9. The van der Waals surface area contributed by atoms with E-state index in [-0.39, 0.29) is 11.1 Å². The minimum absolute atomic E-state index is 0.190. The molecule has 0 aliphatic carbocycles. The van der Waals surface area contributed by atoms with Crippen LogP contribution in [0.5, 0.6) is 0 Å². The number of carbonyl (C=O) groups is 2. The molecule has 0 aliphatic heterocycles. The van der Waals surface area contributed by atoms with Gasteiger partial charge in [-0.15, -0.1) is 0 Å². The highest BCUT2D eigenvalue weighted by atomic mass is 16.4. The molecule has 0 spiro atoms. The molecule has 1 rings (SSSR count). The smallest absolute Gasteiger partial charge is 0.336 e. The van der Waals surface area contributed by atoms with Gasteiger partial charge in [0.1, 0.15) is 0 Å². The largest absolute Gasteiger partial charge is 0.478 e. The molecule has 0 heterocycles. The second-order valence-electron chi connectivity index (χ2n) is 5.42.